The zero-order valence-electron chi connectivity index (χ0n) is 9.14. The molecule has 0 bridgehead atoms. The molecule has 0 saturated carbocycles. The summed E-state index contributed by atoms with van der Waals surface area (Å²) in [4.78, 5) is 15.7. The monoisotopic (exact) mass is 218 g/mol. The van der Waals surface area contributed by atoms with Crippen LogP contribution in [-0.4, -0.2) is 24.5 Å². The van der Waals surface area contributed by atoms with Crippen LogP contribution in [0.1, 0.15) is 12.5 Å². The predicted molar refractivity (Wildman–Crippen MR) is 61.1 cm³/mol. The van der Waals surface area contributed by atoms with E-state index in [0.717, 1.165) is 5.56 Å². The van der Waals surface area contributed by atoms with Gasteiger partial charge in [0.05, 0.1) is 0 Å². The molecule has 0 saturated heterocycles. The molecule has 0 spiro atoms. The van der Waals surface area contributed by atoms with Crippen LogP contribution in [0.3, 0.4) is 0 Å². The van der Waals surface area contributed by atoms with E-state index in [-0.39, 0.29) is 11.9 Å². The van der Waals surface area contributed by atoms with E-state index in [2.05, 4.69) is 10.3 Å². The molecule has 4 nitrogen and oxygen atoms in total. The van der Waals surface area contributed by atoms with Gasteiger partial charge in [0.1, 0.15) is 6.61 Å². The fraction of sp³-hybridized carbons (Fsp3) is 0.333. The lowest BCUT2D eigenvalue weighted by atomic mass is 10.2. The molecule has 16 heavy (non-hydrogen) atoms. The Bertz CT molecular complexity index is 401. The van der Waals surface area contributed by atoms with Crippen molar-refractivity contribution >= 4 is 11.8 Å². The molecule has 84 valence electrons. The van der Waals surface area contributed by atoms with Crippen molar-refractivity contribution in [2.75, 3.05) is 6.61 Å². The molecule has 0 fully saturated rings. The Morgan fingerprint density at radius 1 is 1.50 bits per heavy atom. The normalized spacial score (nSPS) is 18.8. The van der Waals surface area contributed by atoms with Crippen LogP contribution >= 0.6 is 0 Å². The average Bonchev–Trinajstić information content (AvgIpc) is 2.74. The van der Waals surface area contributed by atoms with Crippen molar-refractivity contribution < 1.29 is 9.53 Å². The van der Waals surface area contributed by atoms with Gasteiger partial charge in [-0.1, -0.05) is 30.3 Å². The fourth-order valence-corrected chi connectivity index (χ4v) is 1.53. The van der Waals surface area contributed by atoms with Gasteiger partial charge >= 0.3 is 0 Å². The second kappa shape index (κ2) is 4.79. The van der Waals surface area contributed by atoms with Gasteiger partial charge in [-0.15, -0.1) is 0 Å². The van der Waals surface area contributed by atoms with E-state index in [1.165, 1.54) is 0 Å². The zero-order chi connectivity index (χ0) is 11.4. The second-order valence-corrected chi connectivity index (χ2v) is 3.68. The summed E-state index contributed by atoms with van der Waals surface area (Å²) in [5, 5.41) is 2.84. The van der Waals surface area contributed by atoms with Gasteiger partial charge in [0.25, 0.3) is 0 Å². The molecular formula is C12H14N2O2. The summed E-state index contributed by atoms with van der Waals surface area (Å²) in [5.74, 6) is 0.501. The van der Waals surface area contributed by atoms with Gasteiger partial charge in [0, 0.05) is 13.5 Å². The van der Waals surface area contributed by atoms with Crippen molar-refractivity contribution in [3.63, 3.8) is 0 Å². The molecule has 0 radical (unpaired) electrons. The molecule has 1 aliphatic rings. The lowest BCUT2D eigenvalue weighted by molar-refractivity contribution is -0.122. The van der Waals surface area contributed by atoms with E-state index < -0.39 is 0 Å². The first-order valence-corrected chi connectivity index (χ1v) is 5.24. The van der Waals surface area contributed by atoms with Gasteiger partial charge in [-0.25, -0.2) is 4.99 Å². The molecule has 4 heteroatoms. The smallest absolute Gasteiger partial charge is 0.248 e. The largest absolute Gasteiger partial charge is 0.478 e. The number of nitrogens with one attached hydrogen (secondary N) is 1. The number of hydrogen-bond acceptors (Lipinski definition) is 3. The molecule has 1 aromatic rings. The number of amides is 1. The fourth-order valence-electron chi connectivity index (χ4n) is 1.53. The van der Waals surface area contributed by atoms with Gasteiger partial charge in [0.2, 0.25) is 5.91 Å². The van der Waals surface area contributed by atoms with Gasteiger partial charge in [0.15, 0.2) is 11.9 Å². The maximum absolute atomic E-state index is 11.7. The number of ether oxygens (including phenoxy) is 1. The van der Waals surface area contributed by atoms with E-state index in [4.69, 9.17) is 4.74 Å². The van der Waals surface area contributed by atoms with Crippen molar-refractivity contribution in [3.8, 4) is 0 Å². The van der Waals surface area contributed by atoms with Crippen LogP contribution in [0.5, 0.6) is 0 Å². The standard InChI is InChI=1S/C12H14N2O2/c1-9-14-11(8-16-9)12(15)13-7-10-5-3-2-4-6-10/h2-6,11H,7-8H2,1H3,(H,13,15). The first kappa shape index (κ1) is 10.7. The predicted octanol–water partition coefficient (Wildman–Crippen LogP) is 1.12. The number of aliphatic imine (C=N–C) groups is 1. The van der Waals surface area contributed by atoms with E-state index in [1.807, 2.05) is 30.3 Å². The van der Waals surface area contributed by atoms with E-state index in [1.54, 1.807) is 6.92 Å². The van der Waals surface area contributed by atoms with Crippen molar-refractivity contribution in [3.05, 3.63) is 35.9 Å². The van der Waals surface area contributed by atoms with E-state index in [0.29, 0.717) is 19.0 Å². The molecule has 1 atom stereocenters. The lowest BCUT2D eigenvalue weighted by Crippen LogP contribution is -2.33. The van der Waals surface area contributed by atoms with Gasteiger partial charge < -0.3 is 10.1 Å². The topological polar surface area (TPSA) is 50.7 Å². The summed E-state index contributed by atoms with van der Waals surface area (Å²) >= 11 is 0. The summed E-state index contributed by atoms with van der Waals surface area (Å²) < 4.78 is 5.13. The molecule has 1 amide bonds. The number of rotatable bonds is 3. The Morgan fingerprint density at radius 2 is 2.25 bits per heavy atom. The summed E-state index contributed by atoms with van der Waals surface area (Å²) in [5.41, 5.74) is 1.08. The highest BCUT2D eigenvalue weighted by Crippen LogP contribution is 2.05. The molecule has 1 unspecified atom stereocenters. The molecule has 0 aromatic heterocycles. The van der Waals surface area contributed by atoms with Gasteiger partial charge in [-0.05, 0) is 5.56 Å². The lowest BCUT2D eigenvalue weighted by Gasteiger charge is -2.07. The van der Waals surface area contributed by atoms with Crippen LogP contribution in [-0.2, 0) is 16.1 Å². The highest BCUT2D eigenvalue weighted by molar-refractivity contribution is 5.87. The molecular weight excluding hydrogens is 204 g/mol. The Morgan fingerprint density at radius 3 is 2.88 bits per heavy atom. The molecule has 2 rings (SSSR count). The summed E-state index contributed by atoms with van der Waals surface area (Å²) in [6.07, 6.45) is 0. The van der Waals surface area contributed by atoms with Crippen LogP contribution < -0.4 is 5.32 Å². The number of hydrogen-bond donors (Lipinski definition) is 1. The Kier molecular flexibility index (Phi) is 3.19. The Labute approximate surface area is 94.3 Å². The molecule has 1 heterocycles. The van der Waals surface area contributed by atoms with Gasteiger partial charge in [-0.2, -0.15) is 0 Å². The van der Waals surface area contributed by atoms with Crippen molar-refractivity contribution in [2.24, 2.45) is 4.99 Å². The molecule has 1 N–H and O–H groups in total. The van der Waals surface area contributed by atoms with Crippen molar-refractivity contribution in [1.29, 1.82) is 0 Å². The summed E-state index contributed by atoms with van der Waals surface area (Å²) in [7, 11) is 0. The van der Waals surface area contributed by atoms with E-state index >= 15 is 0 Å². The molecule has 0 aliphatic carbocycles. The maximum atomic E-state index is 11.7. The third-order valence-corrected chi connectivity index (χ3v) is 2.40. The Hall–Kier alpha value is -1.84. The Balaban J connectivity index is 1.85. The third-order valence-electron chi connectivity index (χ3n) is 2.40. The van der Waals surface area contributed by atoms with Crippen LogP contribution in [0.2, 0.25) is 0 Å². The first-order valence-electron chi connectivity index (χ1n) is 5.24. The minimum Gasteiger partial charge on any atom is -0.478 e. The average molecular weight is 218 g/mol. The summed E-state index contributed by atoms with van der Waals surface area (Å²) in [6, 6.07) is 9.40. The second-order valence-electron chi connectivity index (χ2n) is 3.68. The molecule has 1 aromatic carbocycles. The zero-order valence-corrected chi connectivity index (χ0v) is 9.14. The SMILES string of the molecule is CC1=NC(C(=O)NCc2ccccc2)CO1. The number of nitrogens with zero attached hydrogens (tertiary/aromatic N) is 1. The van der Waals surface area contributed by atoms with Crippen LogP contribution in [0, 0.1) is 0 Å². The molecule has 1 aliphatic heterocycles. The van der Waals surface area contributed by atoms with Crippen LogP contribution in [0.4, 0.5) is 0 Å². The number of carbonyl (C=O) groups excluding carboxylic acids is 1. The quantitative estimate of drug-likeness (QED) is 0.826. The highest BCUT2D eigenvalue weighted by atomic mass is 16.5. The maximum Gasteiger partial charge on any atom is 0.248 e. The number of benzene rings is 1. The van der Waals surface area contributed by atoms with Gasteiger partial charge in [-0.3, -0.25) is 4.79 Å². The minimum atomic E-state index is -0.385. The first-order chi connectivity index (χ1) is 7.75. The summed E-state index contributed by atoms with van der Waals surface area (Å²) in [6.45, 7) is 2.64. The van der Waals surface area contributed by atoms with Crippen molar-refractivity contribution in [2.45, 2.75) is 19.5 Å². The van der Waals surface area contributed by atoms with E-state index in [9.17, 15) is 4.79 Å². The third kappa shape index (κ3) is 2.59. The minimum absolute atomic E-state index is 0.0827. The van der Waals surface area contributed by atoms with Crippen molar-refractivity contribution in [1.82, 2.24) is 5.32 Å². The number of carbonyl (C=O) groups is 1. The highest BCUT2D eigenvalue weighted by Gasteiger charge is 2.23. The van der Waals surface area contributed by atoms with Crippen LogP contribution in [0.25, 0.3) is 0 Å². The van der Waals surface area contributed by atoms with Crippen LogP contribution in [0.15, 0.2) is 35.3 Å².